The van der Waals surface area contributed by atoms with Gasteiger partial charge in [0.2, 0.25) is 0 Å². The first-order valence-corrected chi connectivity index (χ1v) is 12.8. The molecule has 0 saturated carbocycles. The molecule has 0 bridgehead atoms. The number of hydrogen-bond acceptors (Lipinski definition) is 5. The number of methoxy groups -OCH3 is 1. The minimum Gasteiger partial charge on any atom is -0.465 e. The fourth-order valence-electron chi connectivity index (χ4n) is 4.05. The molecule has 0 spiro atoms. The molecule has 0 amide bonds. The molecule has 0 saturated heterocycles. The second kappa shape index (κ2) is 9.33. The van der Waals surface area contributed by atoms with Gasteiger partial charge >= 0.3 is 12.1 Å². The number of carbonyl (C=O) groups excluding carboxylic acids is 1. The lowest BCUT2D eigenvalue weighted by Gasteiger charge is -2.22. The monoisotopic (exact) mass is 530 g/mol. The number of sulfone groups is 1. The second-order valence-electron chi connectivity index (χ2n) is 9.70. The van der Waals surface area contributed by atoms with Gasteiger partial charge < -0.3 is 9.72 Å². The summed E-state index contributed by atoms with van der Waals surface area (Å²) in [5, 5.41) is -1.18. The van der Waals surface area contributed by atoms with Gasteiger partial charge in [-0.15, -0.1) is 0 Å². The molecule has 4 aromatic rings. The zero-order valence-corrected chi connectivity index (χ0v) is 21.4. The Hall–Kier alpha value is -3.66. The van der Waals surface area contributed by atoms with Crippen molar-refractivity contribution in [2.75, 3.05) is 7.11 Å². The van der Waals surface area contributed by atoms with Crippen molar-refractivity contribution in [1.82, 2.24) is 9.97 Å². The van der Waals surface area contributed by atoms with Crippen LogP contribution in [0.3, 0.4) is 0 Å². The summed E-state index contributed by atoms with van der Waals surface area (Å²) in [6.07, 6.45) is -3.90. The van der Waals surface area contributed by atoms with Gasteiger partial charge in [0.15, 0.2) is 9.84 Å². The highest BCUT2D eigenvalue weighted by atomic mass is 32.2. The molecule has 10 heteroatoms. The van der Waals surface area contributed by atoms with E-state index in [-0.39, 0.29) is 32.6 Å². The maximum absolute atomic E-state index is 14.1. The van der Waals surface area contributed by atoms with Gasteiger partial charge in [0.25, 0.3) is 0 Å². The fourth-order valence-corrected chi connectivity index (χ4v) is 5.85. The van der Waals surface area contributed by atoms with Crippen molar-refractivity contribution >= 4 is 26.8 Å². The van der Waals surface area contributed by atoms with Crippen molar-refractivity contribution in [3.05, 3.63) is 94.8 Å². The van der Waals surface area contributed by atoms with E-state index in [0.29, 0.717) is 11.8 Å². The van der Waals surface area contributed by atoms with Crippen LogP contribution in [0.1, 0.15) is 58.8 Å². The van der Waals surface area contributed by atoms with Crippen LogP contribution in [0.5, 0.6) is 0 Å². The van der Waals surface area contributed by atoms with Crippen LogP contribution in [0.25, 0.3) is 11.0 Å². The minimum atomic E-state index is -4.60. The SMILES string of the molecule is COC(=O)c1ccc(C(c2cc3cc(C(F)(F)F)cnc3[nH]2)S(=O)(=O)c2cccc(C(C)(C)C)c2)cc1. The zero-order valence-electron chi connectivity index (χ0n) is 20.6. The van der Waals surface area contributed by atoms with Crippen LogP contribution in [-0.4, -0.2) is 31.5 Å². The van der Waals surface area contributed by atoms with Gasteiger partial charge in [-0.25, -0.2) is 18.2 Å². The van der Waals surface area contributed by atoms with Gasteiger partial charge in [0.1, 0.15) is 10.9 Å². The lowest BCUT2D eigenvalue weighted by Crippen LogP contribution is -2.18. The normalized spacial score (nSPS) is 13.5. The molecular weight excluding hydrogens is 505 g/mol. The predicted octanol–water partition coefficient (Wildman–Crippen LogP) is 6.23. The number of halogens is 3. The average molecular weight is 531 g/mol. The molecule has 2 heterocycles. The number of benzene rings is 2. The highest BCUT2D eigenvalue weighted by molar-refractivity contribution is 7.91. The standard InChI is InChI=1S/C27H25F3N2O4S/c1-26(2,3)19-6-5-7-21(14-19)37(34,35)23(16-8-10-17(11-9-16)25(33)36-4)22-13-18-12-20(27(28,29)30)15-31-24(18)32-22/h5-15,23H,1-4H3,(H,31,32). The molecule has 0 radical (unpaired) electrons. The molecule has 4 rings (SSSR count). The molecule has 6 nitrogen and oxygen atoms in total. The maximum atomic E-state index is 14.1. The van der Waals surface area contributed by atoms with Crippen molar-refractivity contribution < 1.29 is 31.1 Å². The van der Waals surface area contributed by atoms with E-state index in [1.807, 2.05) is 26.8 Å². The summed E-state index contributed by atoms with van der Waals surface area (Å²) in [5.41, 5.74) is 0.363. The Bertz CT molecular complexity index is 1570. The van der Waals surface area contributed by atoms with E-state index >= 15 is 0 Å². The van der Waals surface area contributed by atoms with Crippen molar-refractivity contribution in [1.29, 1.82) is 0 Å². The van der Waals surface area contributed by atoms with Crippen LogP contribution in [-0.2, 0) is 26.2 Å². The Balaban J connectivity index is 1.91. The Morgan fingerprint density at radius 3 is 2.24 bits per heavy atom. The first-order valence-electron chi connectivity index (χ1n) is 11.3. The Morgan fingerprint density at radius 2 is 1.65 bits per heavy atom. The lowest BCUT2D eigenvalue weighted by atomic mass is 9.87. The number of pyridine rings is 1. The quantitative estimate of drug-likeness (QED) is 0.309. The number of ether oxygens (including phenoxy) is 1. The molecule has 1 atom stereocenters. The molecule has 194 valence electrons. The molecule has 2 aromatic heterocycles. The Morgan fingerprint density at radius 1 is 0.973 bits per heavy atom. The summed E-state index contributed by atoms with van der Waals surface area (Å²) in [4.78, 5) is 18.7. The van der Waals surface area contributed by atoms with Gasteiger partial charge in [-0.1, -0.05) is 45.0 Å². The summed E-state index contributed by atoms with van der Waals surface area (Å²) < 4.78 is 72.6. The number of nitrogens with one attached hydrogen (secondary N) is 1. The molecule has 1 N–H and O–H groups in total. The number of carbonyl (C=O) groups is 1. The molecular formula is C27H25F3N2O4S. The smallest absolute Gasteiger partial charge is 0.417 e. The predicted molar refractivity (Wildman–Crippen MR) is 133 cm³/mol. The first kappa shape index (κ1) is 26.4. The van der Waals surface area contributed by atoms with Crippen LogP contribution < -0.4 is 0 Å². The van der Waals surface area contributed by atoms with Crippen molar-refractivity contribution in [2.45, 2.75) is 42.5 Å². The topological polar surface area (TPSA) is 89.1 Å². The molecule has 0 fully saturated rings. The number of alkyl halides is 3. The van der Waals surface area contributed by atoms with E-state index in [0.717, 1.165) is 11.6 Å². The number of aromatic nitrogens is 2. The van der Waals surface area contributed by atoms with Crippen molar-refractivity contribution in [3.8, 4) is 0 Å². The number of nitrogens with zero attached hydrogens (tertiary/aromatic N) is 1. The summed E-state index contributed by atoms with van der Waals surface area (Å²) in [6, 6.07) is 14.7. The summed E-state index contributed by atoms with van der Waals surface area (Å²) in [7, 11) is -2.88. The van der Waals surface area contributed by atoms with E-state index in [4.69, 9.17) is 4.74 Å². The van der Waals surface area contributed by atoms with E-state index in [1.54, 1.807) is 12.1 Å². The molecule has 1 unspecified atom stereocenters. The number of fused-ring (bicyclic) bond motifs is 1. The molecule has 0 aliphatic rings. The van der Waals surface area contributed by atoms with E-state index in [9.17, 15) is 26.4 Å². The fraction of sp³-hybridized carbons (Fsp3) is 0.259. The maximum Gasteiger partial charge on any atom is 0.417 e. The first-order chi connectivity index (χ1) is 17.2. The third-order valence-corrected chi connectivity index (χ3v) is 8.13. The van der Waals surface area contributed by atoms with E-state index in [2.05, 4.69) is 9.97 Å². The average Bonchev–Trinajstić information content (AvgIpc) is 3.25. The molecule has 37 heavy (non-hydrogen) atoms. The van der Waals surface area contributed by atoms with Gasteiger partial charge in [0, 0.05) is 17.3 Å². The third kappa shape index (κ3) is 5.24. The van der Waals surface area contributed by atoms with Crippen LogP contribution in [0.4, 0.5) is 13.2 Å². The Labute approximate surface area is 212 Å². The second-order valence-corrected chi connectivity index (χ2v) is 11.7. The van der Waals surface area contributed by atoms with Crippen LogP contribution in [0.2, 0.25) is 0 Å². The van der Waals surface area contributed by atoms with Crippen molar-refractivity contribution in [3.63, 3.8) is 0 Å². The van der Waals surface area contributed by atoms with Crippen molar-refractivity contribution in [2.24, 2.45) is 0 Å². The number of hydrogen-bond donors (Lipinski definition) is 1. The number of rotatable bonds is 5. The third-order valence-electron chi connectivity index (χ3n) is 6.07. The van der Waals surface area contributed by atoms with Gasteiger partial charge in [-0.05, 0) is 52.9 Å². The number of aromatic amines is 1. The van der Waals surface area contributed by atoms with Crippen LogP contribution in [0.15, 0.2) is 71.8 Å². The van der Waals surface area contributed by atoms with Crippen LogP contribution in [0, 0.1) is 0 Å². The summed E-state index contributed by atoms with van der Waals surface area (Å²) in [5.74, 6) is -0.585. The summed E-state index contributed by atoms with van der Waals surface area (Å²) in [6.45, 7) is 5.88. The van der Waals surface area contributed by atoms with Gasteiger partial charge in [-0.3, -0.25) is 0 Å². The largest absolute Gasteiger partial charge is 0.465 e. The van der Waals surface area contributed by atoms with E-state index in [1.165, 1.54) is 43.5 Å². The van der Waals surface area contributed by atoms with E-state index < -0.39 is 32.8 Å². The minimum absolute atomic E-state index is 0.0598. The summed E-state index contributed by atoms with van der Waals surface area (Å²) >= 11 is 0. The van der Waals surface area contributed by atoms with Gasteiger partial charge in [-0.2, -0.15) is 13.2 Å². The van der Waals surface area contributed by atoms with Gasteiger partial charge in [0.05, 0.1) is 23.1 Å². The zero-order chi connectivity index (χ0) is 27.2. The molecule has 2 aromatic carbocycles. The molecule has 0 aliphatic heterocycles. The highest BCUT2D eigenvalue weighted by Gasteiger charge is 2.35. The number of esters is 1. The lowest BCUT2D eigenvalue weighted by molar-refractivity contribution is -0.137. The Kier molecular flexibility index (Phi) is 6.66. The van der Waals surface area contributed by atoms with Crippen LogP contribution >= 0.6 is 0 Å². The highest BCUT2D eigenvalue weighted by Crippen LogP contribution is 2.38. The molecule has 0 aliphatic carbocycles. The number of H-pyrrole nitrogens is 1.